The van der Waals surface area contributed by atoms with Crippen molar-refractivity contribution >= 4 is 33.7 Å². The topological polar surface area (TPSA) is 54.9 Å². The molecule has 2 saturated heterocycles. The Bertz CT molecular complexity index is 864. The molecular formula is C20H25N3O3S2. The average molecular weight is 420 g/mol. The van der Waals surface area contributed by atoms with Crippen LogP contribution in [0.25, 0.3) is 0 Å². The third kappa shape index (κ3) is 3.16. The van der Waals surface area contributed by atoms with Crippen LogP contribution in [0.4, 0.5) is 5.13 Å². The third-order valence-corrected chi connectivity index (χ3v) is 8.25. The van der Waals surface area contributed by atoms with Gasteiger partial charge in [0, 0.05) is 37.5 Å². The molecule has 0 aliphatic carbocycles. The second-order valence-electron chi connectivity index (χ2n) is 7.65. The van der Waals surface area contributed by atoms with E-state index in [1.165, 1.54) is 21.8 Å². The lowest BCUT2D eigenvalue weighted by Crippen LogP contribution is -2.48. The van der Waals surface area contributed by atoms with Crippen LogP contribution in [0.15, 0.2) is 11.4 Å². The smallest absolute Gasteiger partial charge is 0.265 e. The molecule has 1 amide bonds. The zero-order chi connectivity index (χ0) is 19.1. The number of piperidine rings is 1. The van der Waals surface area contributed by atoms with E-state index in [1.807, 2.05) is 23.2 Å². The largest absolute Gasteiger partial charge is 0.378 e. The minimum atomic E-state index is -0.188. The van der Waals surface area contributed by atoms with Gasteiger partial charge in [-0.15, -0.1) is 11.3 Å². The second kappa shape index (κ2) is 7.40. The fourth-order valence-electron chi connectivity index (χ4n) is 4.46. The standard InChI is InChI=1S/C20H25N3O3S2/c1-14-17(28-19(21-14)23-8-11-25-12-9-23)18(24)22-6-4-20(5-7-22)15-3-13-27-16(15)2-10-26-20/h3,13H,2,4-12H2,1H3. The lowest BCUT2D eigenvalue weighted by Gasteiger charge is -2.44. The Morgan fingerprint density at radius 1 is 1.18 bits per heavy atom. The number of carbonyl (C=O) groups is 1. The number of hydrogen-bond acceptors (Lipinski definition) is 7. The minimum Gasteiger partial charge on any atom is -0.378 e. The maximum atomic E-state index is 13.2. The van der Waals surface area contributed by atoms with Gasteiger partial charge in [-0.3, -0.25) is 4.79 Å². The van der Waals surface area contributed by atoms with E-state index < -0.39 is 0 Å². The molecule has 6 nitrogen and oxygen atoms in total. The molecule has 8 heteroatoms. The Morgan fingerprint density at radius 2 is 1.96 bits per heavy atom. The second-order valence-corrected chi connectivity index (χ2v) is 9.63. The lowest BCUT2D eigenvalue weighted by molar-refractivity contribution is -0.0926. The number of morpholine rings is 1. The van der Waals surface area contributed by atoms with Gasteiger partial charge in [0.25, 0.3) is 5.91 Å². The van der Waals surface area contributed by atoms with Gasteiger partial charge < -0.3 is 19.3 Å². The molecule has 0 aromatic carbocycles. The number of rotatable bonds is 2. The van der Waals surface area contributed by atoms with Crippen molar-refractivity contribution in [2.24, 2.45) is 0 Å². The third-order valence-electron chi connectivity index (χ3n) is 6.06. The number of fused-ring (bicyclic) bond motifs is 2. The van der Waals surface area contributed by atoms with E-state index in [2.05, 4.69) is 21.3 Å². The van der Waals surface area contributed by atoms with Crippen LogP contribution in [0.1, 0.15) is 38.6 Å². The SMILES string of the molecule is Cc1nc(N2CCOCC2)sc1C(=O)N1CCC2(CC1)OCCc1sccc12. The van der Waals surface area contributed by atoms with Crippen LogP contribution in [0.2, 0.25) is 0 Å². The number of aromatic nitrogens is 1. The molecular weight excluding hydrogens is 394 g/mol. The molecule has 150 valence electrons. The summed E-state index contributed by atoms with van der Waals surface area (Å²) in [7, 11) is 0. The summed E-state index contributed by atoms with van der Waals surface area (Å²) < 4.78 is 11.7. The molecule has 2 aromatic heterocycles. The lowest BCUT2D eigenvalue weighted by atomic mass is 9.82. The van der Waals surface area contributed by atoms with Crippen molar-refractivity contribution in [3.8, 4) is 0 Å². The van der Waals surface area contributed by atoms with Crippen molar-refractivity contribution in [2.45, 2.75) is 31.8 Å². The van der Waals surface area contributed by atoms with Crippen molar-refractivity contribution in [1.82, 2.24) is 9.88 Å². The van der Waals surface area contributed by atoms with Crippen molar-refractivity contribution < 1.29 is 14.3 Å². The van der Waals surface area contributed by atoms with E-state index >= 15 is 0 Å². The Kier molecular flexibility index (Phi) is 4.90. The number of aryl methyl sites for hydroxylation is 1. The van der Waals surface area contributed by atoms with Crippen LogP contribution < -0.4 is 4.90 Å². The molecule has 5 heterocycles. The van der Waals surface area contributed by atoms with E-state index in [1.54, 1.807) is 0 Å². The van der Waals surface area contributed by atoms with Gasteiger partial charge in [0.2, 0.25) is 0 Å². The van der Waals surface area contributed by atoms with Gasteiger partial charge in [-0.25, -0.2) is 4.98 Å². The summed E-state index contributed by atoms with van der Waals surface area (Å²) in [5.41, 5.74) is 2.01. The van der Waals surface area contributed by atoms with Gasteiger partial charge in [0.15, 0.2) is 5.13 Å². The minimum absolute atomic E-state index is 0.116. The Hall–Kier alpha value is -1.48. The molecule has 5 rings (SSSR count). The zero-order valence-electron chi connectivity index (χ0n) is 16.1. The molecule has 28 heavy (non-hydrogen) atoms. The molecule has 2 aromatic rings. The van der Waals surface area contributed by atoms with Gasteiger partial charge in [-0.1, -0.05) is 11.3 Å². The van der Waals surface area contributed by atoms with Gasteiger partial charge in [0.05, 0.1) is 31.1 Å². The van der Waals surface area contributed by atoms with Crippen LogP contribution in [0.3, 0.4) is 0 Å². The Labute approximate surface area is 173 Å². The van der Waals surface area contributed by atoms with Gasteiger partial charge in [0.1, 0.15) is 4.88 Å². The summed E-state index contributed by atoms with van der Waals surface area (Å²) >= 11 is 3.36. The molecule has 3 aliphatic heterocycles. The van der Waals surface area contributed by atoms with E-state index in [-0.39, 0.29) is 11.5 Å². The van der Waals surface area contributed by atoms with E-state index in [9.17, 15) is 4.79 Å². The van der Waals surface area contributed by atoms with E-state index in [4.69, 9.17) is 9.47 Å². The van der Waals surface area contributed by atoms with Crippen LogP contribution in [0, 0.1) is 6.92 Å². The fraction of sp³-hybridized carbons (Fsp3) is 0.600. The van der Waals surface area contributed by atoms with E-state index in [0.29, 0.717) is 0 Å². The molecule has 3 aliphatic rings. The molecule has 1 spiro atoms. The average Bonchev–Trinajstić information content (AvgIpc) is 3.37. The zero-order valence-corrected chi connectivity index (χ0v) is 17.7. The fourth-order valence-corrected chi connectivity index (χ4v) is 6.49. The first kappa shape index (κ1) is 18.5. The maximum Gasteiger partial charge on any atom is 0.265 e. The molecule has 0 bridgehead atoms. The summed E-state index contributed by atoms with van der Waals surface area (Å²) in [6.07, 6.45) is 2.76. The number of thiophene rings is 1. The molecule has 0 saturated carbocycles. The summed E-state index contributed by atoms with van der Waals surface area (Å²) in [6.45, 7) is 7.33. The Morgan fingerprint density at radius 3 is 2.75 bits per heavy atom. The van der Waals surface area contributed by atoms with Gasteiger partial charge >= 0.3 is 0 Å². The number of carbonyl (C=O) groups excluding carboxylic acids is 1. The number of anilines is 1. The molecule has 0 atom stereocenters. The summed E-state index contributed by atoms with van der Waals surface area (Å²) in [5.74, 6) is 0.116. The normalized spacial score (nSPS) is 21.8. The van der Waals surface area contributed by atoms with Crippen LogP contribution in [0.5, 0.6) is 0 Å². The first-order valence-electron chi connectivity index (χ1n) is 9.96. The molecule has 0 unspecified atom stereocenters. The quantitative estimate of drug-likeness (QED) is 0.749. The summed E-state index contributed by atoms with van der Waals surface area (Å²) in [5, 5.41) is 3.11. The van der Waals surface area contributed by atoms with Crippen molar-refractivity contribution in [2.75, 3.05) is 50.9 Å². The first-order chi connectivity index (χ1) is 13.7. The first-order valence-corrected chi connectivity index (χ1v) is 11.7. The van der Waals surface area contributed by atoms with E-state index in [0.717, 1.165) is 81.0 Å². The molecule has 0 radical (unpaired) electrons. The summed E-state index contributed by atoms with van der Waals surface area (Å²) in [4.78, 5) is 24.3. The van der Waals surface area contributed by atoms with Crippen LogP contribution >= 0.6 is 22.7 Å². The van der Waals surface area contributed by atoms with Gasteiger partial charge in [-0.05, 0) is 36.8 Å². The number of ether oxygens (including phenoxy) is 2. The number of hydrogen-bond donors (Lipinski definition) is 0. The number of thiazole rings is 1. The van der Waals surface area contributed by atoms with Gasteiger partial charge in [-0.2, -0.15) is 0 Å². The highest BCUT2D eigenvalue weighted by atomic mass is 32.1. The monoisotopic (exact) mass is 419 g/mol. The summed E-state index contributed by atoms with van der Waals surface area (Å²) in [6, 6.07) is 2.22. The highest BCUT2D eigenvalue weighted by molar-refractivity contribution is 7.17. The number of amides is 1. The van der Waals surface area contributed by atoms with Crippen LogP contribution in [-0.4, -0.2) is 61.8 Å². The van der Waals surface area contributed by atoms with Crippen molar-refractivity contribution in [3.63, 3.8) is 0 Å². The van der Waals surface area contributed by atoms with Crippen molar-refractivity contribution in [3.05, 3.63) is 32.5 Å². The number of nitrogens with zero attached hydrogens (tertiary/aromatic N) is 3. The Balaban J connectivity index is 1.30. The van der Waals surface area contributed by atoms with Crippen molar-refractivity contribution in [1.29, 1.82) is 0 Å². The highest BCUT2D eigenvalue weighted by Crippen LogP contribution is 2.43. The molecule has 0 N–H and O–H groups in total. The maximum absolute atomic E-state index is 13.2. The highest BCUT2D eigenvalue weighted by Gasteiger charge is 2.42. The number of likely N-dealkylation sites (tertiary alicyclic amines) is 1. The molecule has 2 fully saturated rings. The predicted molar refractivity (Wildman–Crippen MR) is 111 cm³/mol. The van der Waals surface area contributed by atoms with Crippen LogP contribution in [-0.2, 0) is 21.5 Å². The predicted octanol–water partition coefficient (Wildman–Crippen LogP) is 3.05.